The molecule has 0 saturated carbocycles. The molecular formula is C11H23N3O2. The Labute approximate surface area is 97.3 Å². The molecule has 0 fully saturated rings. The number of oxime groups is 1. The third kappa shape index (κ3) is 4.08. The Morgan fingerprint density at radius 2 is 2.00 bits per heavy atom. The van der Waals surface area contributed by atoms with Crippen LogP contribution in [0.4, 0.5) is 0 Å². The fourth-order valence-corrected chi connectivity index (χ4v) is 1.37. The second-order valence-electron chi connectivity index (χ2n) is 4.14. The van der Waals surface area contributed by atoms with Crippen molar-refractivity contribution < 1.29 is 10.0 Å². The van der Waals surface area contributed by atoms with Gasteiger partial charge in [-0.25, -0.2) is 0 Å². The average Bonchev–Trinajstić information content (AvgIpc) is 2.32. The Bertz CT molecular complexity index is 254. The highest BCUT2D eigenvalue weighted by atomic mass is 16.4. The molecule has 0 bridgehead atoms. The highest BCUT2D eigenvalue weighted by Gasteiger charge is 2.23. The Morgan fingerprint density at radius 1 is 1.44 bits per heavy atom. The molecule has 5 nitrogen and oxygen atoms in total. The second-order valence-corrected chi connectivity index (χ2v) is 4.14. The Morgan fingerprint density at radius 3 is 2.38 bits per heavy atom. The highest BCUT2D eigenvalue weighted by Crippen LogP contribution is 2.08. The van der Waals surface area contributed by atoms with Gasteiger partial charge in [0.2, 0.25) is 5.91 Å². The number of hydrogen-bond acceptors (Lipinski definition) is 3. The Balaban J connectivity index is 4.53. The summed E-state index contributed by atoms with van der Waals surface area (Å²) in [6.45, 7) is 9.14. The van der Waals surface area contributed by atoms with E-state index in [0.717, 1.165) is 13.0 Å². The summed E-state index contributed by atoms with van der Waals surface area (Å²) in [5.41, 5.74) is 5.43. The summed E-state index contributed by atoms with van der Waals surface area (Å²) in [7, 11) is 0. The van der Waals surface area contributed by atoms with Gasteiger partial charge in [-0.2, -0.15) is 0 Å². The van der Waals surface area contributed by atoms with Gasteiger partial charge in [0.05, 0.1) is 5.92 Å². The van der Waals surface area contributed by atoms with E-state index in [2.05, 4.69) is 19.0 Å². The lowest BCUT2D eigenvalue weighted by atomic mass is 10.1. The summed E-state index contributed by atoms with van der Waals surface area (Å²) in [4.78, 5) is 13.7. The van der Waals surface area contributed by atoms with Gasteiger partial charge in [-0.05, 0) is 19.8 Å². The van der Waals surface area contributed by atoms with E-state index >= 15 is 0 Å². The zero-order valence-corrected chi connectivity index (χ0v) is 10.6. The van der Waals surface area contributed by atoms with Crippen LogP contribution in [-0.4, -0.2) is 34.9 Å². The van der Waals surface area contributed by atoms with Gasteiger partial charge in [0.25, 0.3) is 0 Å². The number of carbonyl (C=O) groups excluding carboxylic acids is 1. The van der Waals surface area contributed by atoms with Gasteiger partial charge in [-0.3, -0.25) is 4.79 Å². The molecule has 0 aliphatic heterocycles. The molecule has 94 valence electrons. The summed E-state index contributed by atoms with van der Waals surface area (Å²) in [6, 6.07) is 0. The summed E-state index contributed by atoms with van der Waals surface area (Å²) in [5.74, 6) is -0.219. The number of carbonyl (C=O) groups is 1. The van der Waals surface area contributed by atoms with Crippen LogP contribution in [-0.2, 0) is 4.79 Å². The van der Waals surface area contributed by atoms with Crippen LogP contribution >= 0.6 is 0 Å². The van der Waals surface area contributed by atoms with E-state index in [9.17, 15) is 4.79 Å². The number of nitrogens with two attached hydrogens (primary N) is 1. The van der Waals surface area contributed by atoms with Crippen molar-refractivity contribution in [3.05, 3.63) is 0 Å². The van der Waals surface area contributed by atoms with Crippen LogP contribution in [0.2, 0.25) is 0 Å². The molecule has 2 atom stereocenters. The number of amidine groups is 1. The van der Waals surface area contributed by atoms with Crippen molar-refractivity contribution in [3.8, 4) is 0 Å². The predicted molar refractivity (Wildman–Crippen MR) is 64.3 cm³/mol. The molecule has 0 spiro atoms. The smallest absolute Gasteiger partial charge is 0.233 e. The molecule has 0 saturated heterocycles. The maximum Gasteiger partial charge on any atom is 0.233 e. The van der Waals surface area contributed by atoms with Crippen molar-refractivity contribution in [2.24, 2.45) is 22.7 Å². The third-order valence-corrected chi connectivity index (χ3v) is 2.85. The van der Waals surface area contributed by atoms with Crippen molar-refractivity contribution in [2.75, 3.05) is 13.1 Å². The lowest BCUT2D eigenvalue weighted by molar-refractivity contribution is -0.133. The largest absolute Gasteiger partial charge is 0.409 e. The van der Waals surface area contributed by atoms with Crippen LogP contribution in [0.15, 0.2) is 5.16 Å². The molecule has 0 aliphatic carbocycles. The molecule has 0 rings (SSSR count). The van der Waals surface area contributed by atoms with E-state index in [1.165, 1.54) is 0 Å². The van der Waals surface area contributed by atoms with Crippen molar-refractivity contribution >= 4 is 11.7 Å². The first kappa shape index (κ1) is 14.7. The normalized spacial score (nSPS) is 15.6. The molecular weight excluding hydrogens is 206 g/mol. The first-order valence-electron chi connectivity index (χ1n) is 5.74. The van der Waals surface area contributed by atoms with Gasteiger partial charge in [0.1, 0.15) is 0 Å². The first-order chi connectivity index (χ1) is 7.47. The van der Waals surface area contributed by atoms with E-state index in [-0.39, 0.29) is 11.7 Å². The summed E-state index contributed by atoms with van der Waals surface area (Å²) < 4.78 is 0. The quantitative estimate of drug-likeness (QED) is 0.311. The van der Waals surface area contributed by atoms with Crippen LogP contribution in [0.5, 0.6) is 0 Å². The summed E-state index contributed by atoms with van der Waals surface area (Å²) in [6.07, 6.45) is 1.03. The minimum absolute atomic E-state index is 0.0346. The van der Waals surface area contributed by atoms with Gasteiger partial charge >= 0.3 is 0 Å². The SMILES string of the molecule is CCC(C)CN(CC)C(=O)C(C)C(N)=NO. The van der Waals surface area contributed by atoms with Crippen LogP contribution in [0.1, 0.15) is 34.1 Å². The van der Waals surface area contributed by atoms with Crippen molar-refractivity contribution in [2.45, 2.75) is 34.1 Å². The minimum atomic E-state index is -0.561. The van der Waals surface area contributed by atoms with Crippen LogP contribution in [0.25, 0.3) is 0 Å². The van der Waals surface area contributed by atoms with Gasteiger partial charge in [-0.1, -0.05) is 25.4 Å². The first-order valence-corrected chi connectivity index (χ1v) is 5.74. The van der Waals surface area contributed by atoms with Crippen molar-refractivity contribution in [3.63, 3.8) is 0 Å². The van der Waals surface area contributed by atoms with Crippen molar-refractivity contribution in [1.82, 2.24) is 4.90 Å². The van der Waals surface area contributed by atoms with Gasteiger partial charge in [0, 0.05) is 13.1 Å². The Kier molecular flexibility index (Phi) is 6.53. The van der Waals surface area contributed by atoms with E-state index in [4.69, 9.17) is 10.9 Å². The average molecular weight is 229 g/mol. The molecule has 2 unspecified atom stereocenters. The summed E-state index contributed by atoms with van der Waals surface area (Å²) in [5, 5.41) is 11.4. The fraction of sp³-hybridized carbons (Fsp3) is 0.818. The molecule has 0 aromatic rings. The maximum atomic E-state index is 12.0. The lowest BCUT2D eigenvalue weighted by Crippen LogP contribution is -2.42. The maximum absolute atomic E-state index is 12.0. The predicted octanol–water partition coefficient (Wildman–Crippen LogP) is 1.26. The molecule has 0 aromatic heterocycles. The van der Waals surface area contributed by atoms with E-state index < -0.39 is 5.92 Å². The number of nitrogens with zero attached hydrogens (tertiary/aromatic N) is 2. The zero-order chi connectivity index (χ0) is 12.7. The number of hydrogen-bond donors (Lipinski definition) is 2. The van der Waals surface area contributed by atoms with Gasteiger partial charge in [-0.15, -0.1) is 0 Å². The fourth-order valence-electron chi connectivity index (χ4n) is 1.37. The lowest BCUT2D eigenvalue weighted by Gasteiger charge is -2.26. The minimum Gasteiger partial charge on any atom is -0.409 e. The second kappa shape index (κ2) is 7.09. The molecule has 1 amide bonds. The van der Waals surface area contributed by atoms with Crippen LogP contribution in [0.3, 0.4) is 0 Å². The molecule has 0 heterocycles. The topological polar surface area (TPSA) is 78.9 Å². The summed E-state index contributed by atoms with van der Waals surface area (Å²) >= 11 is 0. The monoisotopic (exact) mass is 229 g/mol. The van der Waals surface area contributed by atoms with E-state index in [0.29, 0.717) is 12.5 Å². The Hall–Kier alpha value is -1.26. The van der Waals surface area contributed by atoms with E-state index in [1.54, 1.807) is 11.8 Å². The van der Waals surface area contributed by atoms with E-state index in [1.807, 2.05) is 6.92 Å². The van der Waals surface area contributed by atoms with Crippen molar-refractivity contribution in [1.29, 1.82) is 0 Å². The van der Waals surface area contributed by atoms with Crippen LogP contribution in [0, 0.1) is 11.8 Å². The highest BCUT2D eigenvalue weighted by molar-refractivity contribution is 6.01. The van der Waals surface area contributed by atoms with Crippen LogP contribution < -0.4 is 5.73 Å². The standard InChI is InChI=1S/C11H23N3O2/c1-5-8(3)7-14(6-2)11(15)9(4)10(12)13-16/h8-9,16H,5-7H2,1-4H3,(H2,12,13). The molecule has 5 heteroatoms. The molecule has 0 aliphatic rings. The third-order valence-electron chi connectivity index (χ3n) is 2.85. The zero-order valence-electron chi connectivity index (χ0n) is 10.6. The molecule has 3 N–H and O–H groups in total. The molecule has 16 heavy (non-hydrogen) atoms. The molecule has 0 radical (unpaired) electrons. The number of rotatable bonds is 6. The van der Waals surface area contributed by atoms with Gasteiger partial charge < -0.3 is 15.8 Å². The van der Waals surface area contributed by atoms with Gasteiger partial charge in [0.15, 0.2) is 5.84 Å². The molecule has 0 aromatic carbocycles. The number of amides is 1.